The van der Waals surface area contributed by atoms with Crippen LogP contribution in [-0.2, 0) is 17.9 Å². The lowest BCUT2D eigenvalue weighted by molar-refractivity contribution is -0.0175. The molecule has 110 valence electrons. The van der Waals surface area contributed by atoms with Crippen LogP contribution in [0.1, 0.15) is 11.1 Å². The van der Waals surface area contributed by atoms with Crippen molar-refractivity contribution >= 4 is 0 Å². The second-order valence-electron chi connectivity index (χ2n) is 5.58. The molecule has 2 atom stereocenters. The van der Waals surface area contributed by atoms with Crippen molar-refractivity contribution in [1.82, 2.24) is 4.90 Å². The Labute approximate surface area is 125 Å². The summed E-state index contributed by atoms with van der Waals surface area (Å²) < 4.78 is 5.88. The van der Waals surface area contributed by atoms with E-state index in [-0.39, 0.29) is 6.10 Å². The molecule has 2 aromatic carbocycles. The molecule has 3 heteroatoms. The van der Waals surface area contributed by atoms with E-state index in [4.69, 9.17) is 4.74 Å². The standard InChI is InChI=1S/C18H21NO2/c20-17-12-19(11-15-7-3-1-4-8-15)13-18(17)21-14-16-9-5-2-6-10-16/h1-10,17-18,20H,11-14H2/t17-,18-/m1/s1. The van der Waals surface area contributed by atoms with Crippen LogP contribution >= 0.6 is 0 Å². The van der Waals surface area contributed by atoms with E-state index in [9.17, 15) is 5.11 Å². The van der Waals surface area contributed by atoms with Crippen molar-refractivity contribution in [2.45, 2.75) is 25.4 Å². The third-order valence-electron chi connectivity index (χ3n) is 3.87. The summed E-state index contributed by atoms with van der Waals surface area (Å²) in [6, 6.07) is 20.4. The van der Waals surface area contributed by atoms with Crippen molar-refractivity contribution < 1.29 is 9.84 Å². The van der Waals surface area contributed by atoms with Gasteiger partial charge in [-0.05, 0) is 11.1 Å². The van der Waals surface area contributed by atoms with Crippen molar-refractivity contribution in [1.29, 1.82) is 0 Å². The quantitative estimate of drug-likeness (QED) is 0.915. The average Bonchev–Trinajstić information content (AvgIpc) is 2.87. The molecular formula is C18H21NO2. The Hall–Kier alpha value is -1.68. The summed E-state index contributed by atoms with van der Waals surface area (Å²) in [5.41, 5.74) is 2.42. The smallest absolute Gasteiger partial charge is 0.0977 e. The predicted octanol–water partition coefficient (Wildman–Crippen LogP) is 2.45. The van der Waals surface area contributed by atoms with Gasteiger partial charge in [-0.3, -0.25) is 4.90 Å². The maximum absolute atomic E-state index is 10.1. The lowest BCUT2D eigenvalue weighted by Gasteiger charge is -2.16. The van der Waals surface area contributed by atoms with Crippen LogP contribution in [0.3, 0.4) is 0 Å². The highest BCUT2D eigenvalue weighted by Gasteiger charge is 2.31. The van der Waals surface area contributed by atoms with E-state index in [1.807, 2.05) is 48.5 Å². The molecule has 1 aliphatic heterocycles. The summed E-state index contributed by atoms with van der Waals surface area (Å²) in [5, 5.41) is 10.1. The highest BCUT2D eigenvalue weighted by molar-refractivity contribution is 5.15. The van der Waals surface area contributed by atoms with Crippen LogP contribution in [0.5, 0.6) is 0 Å². The molecule has 0 amide bonds. The molecule has 1 fully saturated rings. The zero-order chi connectivity index (χ0) is 14.5. The highest BCUT2D eigenvalue weighted by Crippen LogP contribution is 2.18. The second kappa shape index (κ2) is 6.85. The fourth-order valence-corrected chi connectivity index (χ4v) is 2.74. The van der Waals surface area contributed by atoms with Gasteiger partial charge in [0.2, 0.25) is 0 Å². The molecule has 21 heavy (non-hydrogen) atoms. The van der Waals surface area contributed by atoms with Crippen LogP contribution < -0.4 is 0 Å². The molecule has 1 saturated heterocycles. The molecule has 1 aliphatic rings. The third kappa shape index (κ3) is 3.91. The van der Waals surface area contributed by atoms with Crippen LogP contribution in [-0.4, -0.2) is 35.3 Å². The van der Waals surface area contributed by atoms with Gasteiger partial charge < -0.3 is 9.84 Å². The molecule has 1 N–H and O–H groups in total. The Kier molecular flexibility index (Phi) is 4.65. The van der Waals surface area contributed by atoms with Gasteiger partial charge in [-0.1, -0.05) is 60.7 Å². The minimum absolute atomic E-state index is 0.103. The summed E-state index contributed by atoms with van der Waals surface area (Å²) in [5.74, 6) is 0. The number of benzene rings is 2. The monoisotopic (exact) mass is 283 g/mol. The fourth-order valence-electron chi connectivity index (χ4n) is 2.74. The van der Waals surface area contributed by atoms with Crippen molar-refractivity contribution in [3.8, 4) is 0 Å². The van der Waals surface area contributed by atoms with Crippen molar-refractivity contribution in [3.05, 3.63) is 71.8 Å². The third-order valence-corrected chi connectivity index (χ3v) is 3.87. The van der Waals surface area contributed by atoms with Gasteiger partial charge in [-0.2, -0.15) is 0 Å². The Morgan fingerprint density at radius 2 is 1.52 bits per heavy atom. The molecule has 0 aliphatic carbocycles. The SMILES string of the molecule is O[C@@H]1CN(Cc2ccccc2)C[C@H]1OCc1ccccc1. The van der Waals surface area contributed by atoms with Gasteiger partial charge in [-0.25, -0.2) is 0 Å². The van der Waals surface area contributed by atoms with Gasteiger partial charge in [0.15, 0.2) is 0 Å². The lowest BCUT2D eigenvalue weighted by Crippen LogP contribution is -2.26. The number of β-amino-alcohol motifs (C(OH)–C–C–N with tert-alkyl or cyclic N) is 1. The first-order valence-electron chi connectivity index (χ1n) is 7.41. The largest absolute Gasteiger partial charge is 0.389 e. The summed E-state index contributed by atoms with van der Waals surface area (Å²) in [4.78, 5) is 2.25. The van der Waals surface area contributed by atoms with Crippen LogP contribution in [0, 0.1) is 0 Å². The van der Waals surface area contributed by atoms with Crippen LogP contribution in [0.15, 0.2) is 60.7 Å². The molecule has 3 rings (SSSR count). The van der Waals surface area contributed by atoms with Crippen molar-refractivity contribution in [2.75, 3.05) is 13.1 Å². The van der Waals surface area contributed by atoms with Crippen molar-refractivity contribution in [3.63, 3.8) is 0 Å². The van der Waals surface area contributed by atoms with Crippen LogP contribution in [0.25, 0.3) is 0 Å². The Morgan fingerprint density at radius 3 is 2.19 bits per heavy atom. The number of hydrogen-bond acceptors (Lipinski definition) is 3. The predicted molar refractivity (Wildman–Crippen MR) is 82.7 cm³/mol. The number of aliphatic hydroxyl groups excluding tert-OH is 1. The van der Waals surface area contributed by atoms with E-state index >= 15 is 0 Å². The number of rotatable bonds is 5. The van der Waals surface area contributed by atoms with Crippen LogP contribution in [0.4, 0.5) is 0 Å². The first-order valence-corrected chi connectivity index (χ1v) is 7.41. The lowest BCUT2D eigenvalue weighted by atomic mass is 10.2. The topological polar surface area (TPSA) is 32.7 Å². The second-order valence-corrected chi connectivity index (χ2v) is 5.58. The molecule has 0 spiro atoms. The van der Waals surface area contributed by atoms with E-state index < -0.39 is 6.10 Å². The molecule has 3 nitrogen and oxygen atoms in total. The molecule has 2 aromatic rings. The maximum Gasteiger partial charge on any atom is 0.0977 e. The Morgan fingerprint density at radius 1 is 0.905 bits per heavy atom. The Bertz CT molecular complexity index is 544. The minimum atomic E-state index is -0.405. The zero-order valence-corrected chi connectivity index (χ0v) is 12.1. The van der Waals surface area contributed by atoms with Crippen LogP contribution in [0.2, 0.25) is 0 Å². The van der Waals surface area contributed by atoms with E-state index in [1.165, 1.54) is 5.56 Å². The molecule has 0 radical (unpaired) electrons. The van der Waals surface area contributed by atoms with E-state index in [0.29, 0.717) is 13.2 Å². The highest BCUT2D eigenvalue weighted by atomic mass is 16.5. The number of likely N-dealkylation sites (tertiary alicyclic amines) is 1. The van der Waals surface area contributed by atoms with Gasteiger partial charge in [0, 0.05) is 19.6 Å². The first-order chi connectivity index (χ1) is 10.3. The minimum Gasteiger partial charge on any atom is -0.389 e. The molecule has 0 aromatic heterocycles. The molecule has 0 unspecified atom stereocenters. The first kappa shape index (κ1) is 14.3. The number of ether oxygens (including phenoxy) is 1. The summed E-state index contributed by atoms with van der Waals surface area (Å²) in [6.45, 7) is 2.88. The van der Waals surface area contributed by atoms with Gasteiger partial charge >= 0.3 is 0 Å². The average molecular weight is 283 g/mol. The van der Waals surface area contributed by atoms with Gasteiger partial charge in [0.05, 0.1) is 18.8 Å². The number of aliphatic hydroxyl groups is 1. The maximum atomic E-state index is 10.1. The molecule has 1 heterocycles. The van der Waals surface area contributed by atoms with Gasteiger partial charge in [0.25, 0.3) is 0 Å². The summed E-state index contributed by atoms with van der Waals surface area (Å²) >= 11 is 0. The van der Waals surface area contributed by atoms with E-state index in [1.54, 1.807) is 0 Å². The van der Waals surface area contributed by atoms with E-state index in [0.717, 1.165) is 18.7 Å². The summed E-state index contributed by atoms with van der Waals surface area (Å²) in [7, 11) is 0. The molecule has 0 bridgehead atoms. The van der Waals surface area contributed by atoms with Gasteiger partial charge in [-0.15, -0.1) is 0 Å². The van der Waals surface area contributed by atoms with Gasteiger partial charge in [0.1, 0.15) is 0 Å². The normalized spacial score (nSPS) is 22.5. The van der Waals surface area contributed by atoms with Crippen molar-refractivity contribution in [2.24, 2.45) is 0 Å². The van der Waals surface area contributed by atoms with E-state index in [2.05, 4.69) is 17.0 Å². The number of nitrogens with zero attached hydrogens (tertiary/aromatic N) is 1. The summed E-state index contributed by atoms with van der Waals surface area (Å²) in [6.07, 6.45) is -0.508. The molecular weight excluding hydrogens is 262 g/mol. The number of hydrogen-bond donors (Lipinski definition) is 1. The fraction of sp³-hybridized carbons (Fsp3) is 0.333. The zero-order valence-electron chi connectivity index (χ0n) is 12.1. The molecule has 0 saturated carbocycles. The Balaban J connectivity index is 1.51.